The molecular formula is C18H15FN4O. The van der Waals surface area contributed by atoms with E-state index in [4.69, 9.17) is 0 Å². The van der Waals surface area contributed by atoms with Crippen LogP contribution in [0.15, 0.2) is 48.8 Å². The fraction of sp³-hybridized carbons (Fsp3) is 0.167. The number of halogens is 1. The molecule has 1 fully saturated rings. The molecule has 0 spiro atoms. The van der Waals surface area contributed by atoms with Crippen LogP contribution in [0.4, 0.5) is 21.6 Å². The monoisotopic (exact) mass is 322 g/mol. The molecule has 5 nitrogen and oxygen atoms in total. The van der Waals surface area contributed by atoms with Crippen LogP contribution in [0.3, 0.4) is 0 Å². The van der Waals surface area contributed by atoms with Crippen molar-refractivity contribution in [3.63, 3.8) is 0 Å². The van der Waals surface area contributed by atoms with Crippen molar-refractivity contribution in [2.24, 2.45) is 5.92 Å². The third-order valence-corrected chi connectivity index (χ3v) is 3.96. The molecule has 6 heteroatoms. The second kappa shape index (κ2) is 5.88. The van der Waals surface area contributed by atoms with Gasteiger partial charge in [0.25, 0.3) is 0 Å². The Morgan fingerprint density at radius 3 is 2.54 bits per heavy atom. The summed E-state index contributed by atoms with van der Waals surface area (Å²) < 4.78 is 13.5. The molecule has 0 bridgehead atoms. The minimum Gasteiger partial charge on any atom is -0.340 e. The van der Waals surface area contributed by atoms with Gasteiger partial charge in [-0.2, -0.15) is 0 Å². The maximum absolute atomic E-state index is 13.5. The van der Waals surface area contributed by atoms with E-state index in [0.717, 1.165) is 24.2 Å². The number of benzene rings is 2. The van der Waals surface area contributed by atoms with Gasteiger partial charge in [0.1, 0.15) is 18.0 Å². The van der Waals surface area contributed by atoms with Gasteiger partial charge < -0.3 is 10.6 Å². The zero-order valence-corrected chi connectivity index (χ0v) is 12.8. The van der Waals surface area contributed by atoms with Crippen molar-refractivity contribution in [1.29, 1.82) is 0 Å². The molecule has 1 heterocycles. The Morgan fingerprint density at radius 1 is 1.04 bits per heavy atom. The molecule has 2 N–H and O–H groups in total. The first-order valence-corrected chi connectivity index (χ1v) is 7.77. The van der Waals surface area contributed by atoms with Crippen molar-refractivity contribution < 1.29 is 9.18 Å². The summed E-state index contributed by atoms with van der Waals surface area (Å²) in [7, 11) is 0. The van der Waals surface area contributed by atoms with Gasteiger partial charge in [0, 0.05) is 22.7 Å². The van der Waals surface area contributed by atoms with Gasteiger partial charge in [-0.3, -0.25) is 4.79 Å². The molecule has 24 heavy (non-hydrogen) atoms. The Morgan fingerprint density at radius 2 is 1.79 bits per heavy atom. The number of amides is 1. The Hall–Kier alpha value is -3.02. The number of anilines is 3. The van der Waals surface area contributed by atoms with Crippen LogP contribution in [0, 0.1) is 11.7 Å². The molecule has 120 valence electrons. The fourth-order valence-corrected chi connectivity index (χ4v) is 2.49. The summed E-state index contributed by atoms with van der Waals surface area (Å²) >= 11 is 0. The average Bonchev–Trinajstić information content (AvgIpc) is 3.42. The quantitative estimate of drug-likeness (QED) is 0.765. The van der Waals surface area contributed by atoms with E-state index in [2.05, 4.69) is 20.6 Å². The van der Waals surface area contributed by atoms with E-state index in [0.29, 0.717) is 16.7 Å². The maximum atomic E-state index is 13.5. The Balaban J connectivity index is 1.55. The molecule has 4 rings (SSSR count). The second-order valence-electron chi connectivity index (χ2n) is 5.85. The summed E-state index contributed by atoms with van der Waals surface area (Å²) in [6, 6.07) is 11.7. The standard InChI is InChI=1S/C18H15FN4O/c19-12-3-8-16-15(9-12)17(21-10-20-16)22-13-4-6-14(7-5-13)23-18(24)11-1-2-11/h3-11H,1-2H2,(H,23,24)(H,20,21,22). The van der Waals surface area contributed by atoms with Crippen LogP contribution >= 0.6 is 0 Å². The molecule has 0 radical (unpaired) electrons. The molecular weight excluding hydrogens is 307 g/mol. The molecule has 1 aliphatic rings. The van der Waals surface area contributed by atoms with Gasteiger partial charge in [-0.1, -0.05) is 0 Å². The van der Waals surface area contributed by atoms with Crippen molar-refractivity contribution >= 4 is 34.0 Å². The van der Waals surface area contributed by atoms with Crippen LogP contribution in [-0.2, 0) is 4.79 Å². The first-order chi connectivity index (χ1) is 11.7. The molecule has 0 aliphatic heterocycles. The number of hydrogen-bond donors (Lipinski definition) is 2. The van der Waals surface area contributed by atoms with E-state index in [1.807, 2.05) is 24.3 Å². The lowest BCUT2D eigenvalue weighted by Gasteiger charge is -2.10. The highest BCUT2D eigenvalue weighted by atomic mass is 19.1. The lowest BCUT2D eigenvalue weighted by molar-refractivity contribution is -0.117. The average molecular weight is 322 g/mol. The molecule has 0 atom stereocenters. The van der Waals surface area contributed by atoms with Gasteiger partial charge in [0.15, 0.2) is 0 Å². The summed E-state index contributed by atoms with van der Waals surface area (Å²) in [5, 5.41) is 6.66. The van der Waals surface area contributed by atoms with Gasteiger partial charge in [0.2, 0.25) is 5.91 Å². The van der Waals surface area contributed by atoms with Gasteiger partial charge in [-0.05, 0) is 55.3 Å². The van der Waals surface area contributed by atoms with E-state index in [1.54, 1.807) is 6.07 Å². The number of carbonyl (C=O) groups is 1. The van der Waals surface area contributed by atoms with Gasteiger partial charge >= 0.3 is 0 Å². The van der Waals surface area contributed by atoms with Crippen LogP contribution in [0.5, 0.6) is 0 Å². The predicted octanol–water partition coefficient (Wildman–Crippen LogP) is 3.86. The first kappa shape index (κ1) is 14.6. The lowest BCUT2D eigenvalue weighted by atomic mass is 10.2. The summed E-state index contributed by atoms with van der Waals surface area (Å²) in [6.45, 7) is 0. The predicted molar refractivity (Wildman–Crippen MR) is 90.6 cm³/mol. The molecule has 0 unspecified atom stereocenters. The van der Waals surface area contributed by atoms with Gasteiger partial charge in [0.05, 0.1) is 5.52 Å². The van der Waals surface area contributed by atoms with Crippen molar-refractivity contribution in [3.8, 4) is 0 Å². The van der Waals surface area contributed by atoms with Crippen LogP contribution < -0.4 is 10.6 Å². The minimum absolute atomic E-state index is 0.0768. The van der Waals surface area contributed by atoms with Crippen LogP contribution in [-0.4, -0.2) is 15.9 Å². The number of fused-ring (bicyclic) bond motifs is 1. The zero-order valence-electron chi connectivity index (χ0n) is 12.8. The van der Waals surface area contributed by atoms with Crippen LogP contribution in [0.2, 0.25) is 0 Å². The molecule has 1 saturated carbocycles. The minimum atomic E-state index is -0.335. The fourth-order valence-electron chi connectivity index (χ4n) is 2.49. The normalized spacial score (nSPS) is 13.7. The Kier molecular flexibility index (Phi) is 3.57. The largest absolute Gasteiger partial charge is 0.340 e. The third-order valence-electron chi connectivity index (χ3n) is 3.96. The van der Waals surface area contributed by atoms with Gasteiger partial charge in [-0.15, -0.1) is 0 Å². The highest BCUT2D eigenvalue weighted by Gasteiger charge is 2.29. The second-order valence-corrected chi connectivity index (χ2v) is 5.85. The lowest BCUT2D eigenvalue weighted by Crippen LogP contribution is -2.13. The summed E-state index contributed by atoms with van der Waals surface area (Å²) in [5.74, 6) is 0.450. The van der Waals surface area contributed by atoms with Crippen molar-refractivity contribution in [2.45, 2.75) is 12.8 Å². The first-order valence-electron chi connectivity index (χ1n) is 7.77. The third kappa shape index (κ3) is 3.03. The number of hydrogen-bond acceptors (Lipinski definition) is 4. The molecule has 1 amide bonds. The number of rotatable bonds is 4. The molecule has 3 aromatic rings. The number of nitrogens with zero attached hydrogens (tertiary/aromatic N) is 2. The zero-order chi connectivity index (χ0) is 16.5. The highest BCUT2D eigenvalue weighted by molar-refractivity contribution is 5.94. The SMILES string of the molecule is O=C(Nc1ccc(Nc2ncnc3ccc(F)cc23)cc1)C1CC1. The number of aromatic nitrogens is 2. The van der Waals surface area contributed by atoms with E-state index in [9.17, 15) is 9.18 Å². The van der Waals surface area contributed by atoms with E-state index in [-0.39, 0.29) is 17.6 Å². The molecule has 2 aromatic carbocycles. The maximum Gasteiger partial charge on any atom is 0.227 e. The smallest absolute Gasteiger partial charge is 0.227 e. The van der Waals surface area contributed by atoms with E-state index in [1.165, 1.54) is 18.5 Å². The Labute approximate surface area is 137 Å². The van der Waals surface area contributed by atoms with Crippen molar-refractivity contribution in [2.75, 3.05) is 10.6 Å². The van der Waals surface area contributed by atoms with Crippen LogP contribution in [0.1, 0.15) is 12.8 Å². The summed E-state index contributed by atoms with van der Waals surface area (Å²) in [4.78, 5) is 20.1. The number of nitrogens with one attached hydrogen (secondary N) is 2. The Bertz CT molecular complexity index is 907. The topological polar surface area (TPSA) is 66.9 Å². The molecule has 1 aliphatic carbocycles. The van der Waals surface area contributed by atoms with E-state index < -0.39 is 0 Å². The molecule has 1 aromatic heterocycles. The summed E-state index contributed by atoms with van der Waals surface area (Å²) in [6.07, 6.45) is 3.39. The van der Waals surface area contributed by atoms with Gasteiger partial charge in [-0.25, -0.2) is 14.4 Å². The highest BCUT2D eigenvalue weighted by Crippen LogP contribution is 2.30. The van der Waals surface area contributed by atoms with Crippen molar-refractivity contribution in [3.05, 3.63) is 54.6 Å². The van der Waals surface area contributed by atoms with E-state index >= 15 is 0 Å². The summed E-state index contributed by atoms with van der Waals surface area (Å²) in [5.41, 5.74) is 2.22. The van der Waals surface area contributed by atoms with Crippen LogP contribution in [0.25, 0.3) is 10.9 Å². The molecule has 0 saturated heterocycles. The number of carbonyl (C=O) groups excluding carboxylic acids is 1. The van der Waals surface area contributed by atoms with Crippen molar-refractivity contribution in [1.82, 2.24) is 9.97 Å².